The number of fused-ring (bicyclic) bond motifs is 1. The number of rotatable bonds is 3. The topological polar surface area (TPSA) is 71.3 Å². The minimum Gasteiger partial charge on any atom is -0.486 e. The molecule has 1 N–H and O–H groups in total. The van der Waals surface area contributed by atoms with Crippen molar-refractivity contribution in [3.8, 4) is 17.6 Å². The second-order valence-corrected chi connectivity index (χ2v) is 5.53. The van der Waals surface area contributed by atoms with Crippen molar-refractivity contribution in [2.75, 3.05) is 13.2 Å². The Morgan fingerprint density at radius 2 is 1.95 bits per heavy atom. The summed E-state index contributed by atoms with van der Waals surface area (Å²) in [5, 5.41) is 12.2. The maximum absolute atomic E-state index is 12.2. The molecule has 1 aromatic rings. The first-order valence-corrected chi connectivity index (χ1v) is 7.58. The molecule has 0 radical (unpaired) electrons. The van der Waals surface area contributed by atoms with Crippen LogP contribution in [0.3, 0.4) is 0 Å². The number of ether oxygens (including phenoxy) is 2. The number of nitriles is 1. The summed E-state index contributed by atoms with van der Waals surface area (Å²) >= 11 is 0. The Kier molecular flexibility index (Phi) is 4.29. The van der Waals surface area contributed by atoms with E-state index in [4.69, 9.17) is 9.47 Å². The molecule has 0 atom stereocenters. The largest absolute Gasteiger partial charge is 0.486 e. The third-order valence-corrected chi connectivity index (χ3v) is 3.93. The Balaban J connectivity index is 1.76. The predicted octanol–water partition coefficient (Wildman–Crippen LogP) is 2.42. The van der Waals surface area contributed by atoms with Crippen LogP contribution >= 0.6 is 0 Å². The quantitative estimate of drug-likeness (QED) is 0.687. The van der Waals surface area contributed by atoms with Gasteiger partial charge in [0, 0.05) is 6.04 Å². The summed E-state index contributed by atoms with van der Waals surface area (Å²) in [5.74, 6) is 1.04. The van der Waals surface area contributed by atoms with Crippen LogP contribution < -0.4 is 14.8 Å². The minimum absolute atomic E-state index is 0.114. The Morgan fingerprint density at radius 1 is 1.23 bits per heavy atom. The standard InChI is InChI=1S/C17H18N2O3/c18-11-13(17(20)19-14-3-1-2-4-14)9-12-5-6-15-16(10-12)22-8-7-21-15/h5-6,9-10,14H,1-4,7-8H2,(H,19,20)/b13-9+. The average Bonchev–Trinajstić information content (AvgIpc) is 3.05. The molecule has 0 bridgehead atoms. The second-order valence-electron chi connectivity index (χ2n) is 5.53. The molecule has 1 aromatic carbocycles. The van der Waals surface area contributed by atoms with Crippen LogP contribution in [0.5, 0.6) is 11.5 Å². The van der Waals surface area contributed by atoms with E-state index >= 15 is 0 Å². The van der Waals surface area contributed by atoms with Crippen molar-refractivity contribution in [2.45, 2.75) is 31.7 Å². The van der Waals surface area contributed by atoms with Crippen molar-refractivity contribution in [3.05, 3.63) is 29.3 Å². The molecule has 1 amide bonds. The molecule has 1 fully saturated rings. The summed E-state index contributed by atoms with van der Waals surface area (Å²) < 4.78 is 11.0. The highest BCUT2D eigenvalue weighted by Crippen LogP contribution is 2.31. The van der Waals surface area contributed by atoms with Gasteiger partial charge in [-0.1, -0.05) is 18.9 Å². The van der Waals surface area contributed by atoms with Crippen molar-refractivity contribution in [3.63, 3.8) is 0 Å². The number of carbonyl (C=O) groups is 1. The lowest BCUT2D eigenvalue weighted by Gasteiger charge is -2.18. The van der Waals surface area contributed by atoms with Crippen LogP contribution in [0, 0.1) is 11.3 Å². The molecule has 0 aromatic heterocycles. The lowest BCUT2D eigenvalue weighted by molar-refractivity contribution is -0.117. The molecule has 0 unspecified atom stereocenters. The van der Waals surface area contributed by atoms with E-state index in [2.05, 4.69) is 5.32 Å². The van der Waals surface area contributed by atoms with Crippen LogP contribution in [0.4, 0.5) is 0 Å². The van der Waals surface area contributed by atoms with Crippen molar-refractivity contribution < 1.29 is 14.3 Å². The maximum Gasteiger partial charge on any atom is 0.262 e. The zero-order valence-electron chi connectivity index (χ0n) is 12.3. The molecule has 3 rings (SSSR count). The highest BCUT2D eigenvalue weighted by atomic mass is 16.6. The van der Waals surface area contributed by atoms with Gasteiger partial charge in [-0.2, -0.15) is 5.26 Å². The zero-order valence-corrected chi connectivity index (χ0v) is 12.3. The van der Waals surface area contributed by atoms with Crippen LogP contribution in [0.15, 0.2) is 23.8 Å². The molecule has 5 nitrogen and oxygen atoms in total. The molecule has 1 heterocycles. The van der Waals surface area contributed by atoms with Gasteiger partial charge in [0.05, 0.1) is 0 Å². The van der Waals surface area contributed by atoms with Gasteiger partial charge in [0.2, 0.25) is 0 Å². The van der Waals surface area contributed by atoms with E-state index in [1.54, 1.807) is 18.2 Å². The van der Waals surface area contributed by atoms with E-state index in [-0.39, 0.29) is 17.5 Å². The molecular weight excluding hydrogens is 280 g/mol. The number of benzene rings is 1. The van der Waals surface area contributed by atoms with E-state index in [0.29, 0.717) is 24.7 Å². The van der Waals surface area contributed by atoms with Gasteiger partial charge in [-0.05, 0) is 36.6 Å². The summed E-state index contributed by atoms with van der Waals surface area (Å²) in [5.41, 5.74) is 0.867. The third-order valence-electron chi connectivity index (χ3n) is 3.93. The first kappa shape index (κ1) is 14.5. The molecule has 1 aliphatic heterocycles. The summed E-state index contributed by atoms with van der Waals surface area (Å²) in [6, 6.07) is 7.58. The van der Waals surface area contributed by atoms with Gasteiger partial charge >= 0.3 is 0 Å². The fourth-order valence-corrected chi connectivity index (χ4v) is 2.80. The maximum atomic E-state index is 12.2. The summed E-state index contributed by atoms with van der Waals surface area (Å²) in [6.07, 6.45) is 5.85. The molecule has 22 heavy (non-hydrogen) atoms. The van der Waals surface area contributed by atoms with Gasteiger partial charge in [0.15, 0.2) is 11.5 Å². The molecule has 5 heteroatoms. The molecule has 114 valence electrons. The van der Waals surface area contributed by atoms with Crippen molar-refractivity contribution in [2.24, 2.45) is 0 Å². The smallest absolute Gasteiger partial charge is 0.262 e. The van der Waals surface area contributed by atoms with Gasteiger partial charge in [-0.15, -0.1) is 0 Å². The fraction of sp³-hybridized carbons (Fsp3) is 0.412. The number of hydrogen-bond acceptors (Lipinski definition) is 4. The van der Waals surface area contributed by atoms with E-state index < -0.39 is 0 Å². The SMILES string of the molecule is N#C/C(=C\c1ccc2c(c1)OCCO2)C(=O)NC1CCCC1. The number of amides is 1. The van der Waals surface area contributed by atoms with Crippen molar-refractivity contribution >= 4 is 12.0 Å². The lowest BCUT2D eigenvalue weighted by atomic mass is 10.1. The van der Waals surface area contributed by atoms with Gasteiger partial charge in [-0.3, -0.25) is 4.79 Å². The van der Waals surface area contributed by atoms with E-state index in [9.17, 15) is 10.1 Å². The van der Waals surface area contributed by atoms with Crippen LogP contribution in [0.2, 0.25) is 0 Å². The fourth-order valence-electron chi connectivity index (χ4n) is 2.80. The number of hydrogen-bond donors (Lipinski definition) is 1. The van der Waals surface area contributed by atoms with Gasteiger partial charge < -0.3 is 14.8 Å². The highest BCUT2D eigenvalue weighted by molar-refractivity contribution is 6.01. The van der Waals surface area contributed by atoms with E-state index in [1.165, 1.54) is 0 Å². The monoisotopic (exact) mass is 298 g/mol. The summed E-state index contributed by atoms with van der Waals surface area (Å²) in [6.45, 7) is 1.04. The first-order chi connectivity index (χ1) is 10.8. The van der Waals surface area contributed by atoms with Gasteiger partial charge in [-0.25, -0.2) is 0 Å². The number of nitrogens with zero attached hydrogens (tertiary/aromatic N) is 1. The normalized spacial score (nSPS) is 17.9. The van der Waals surface area contributed by atoms with Crippen molar-refractivity contribution in [1.82, 2.24) is 5.32 Å². The summed E-state index contributed by atoms with van der Waals surface area (Å²) in [4.78, 5) is 12.2. The van der Waals surface area contributed by atoms with E-state index in [0.717, 1.165) is 31.2 Å². The molecule has 1 aliphatic carbocycles. The van der Waals surface area contributed by atoms with Crippen LogP contribution in [-0.4, -0.2) is 25.2 Å². The third kappa shape index (κ3) is 3.22. The molecule has 2 aliphatic rings. The molecule has 0 spiro atoms. The van der Waals surface area contributed by atoms with Gasteiger partial charge in [0.1, 0.15) is 24.9 Å². The van der Waals surface area contributed by atoms with Crippen LogP contribution in [0.25, 0.3) is 6.08 Å². The molecule has 1 saturated carbocycles. The predicted molar refractivity (Wildman–Crippen MR) is 81.4 cm³/mol. The van der Waals surface area contributed by atoms with Crippen LogP contribution in [0.1, 0.15) is 31.2 Å². The minimum atomic E-state index is -0.302. The van der Waals surface area contributed by atoms with Crippen molar-refractivity contribution in [1.29, 1.82) is 5.26 Å². The Labute approximate surface area is 129 Å². The van der Waals surface area contributed by atoms with Crippen LogP contribution in [-0.2, 0) is 4.79 Å². The number of carbonyl (C=O) groups excluding carboxylic acids is 1. The Hall–Kier alpha value is -2.48. The van der Waals surface area contributed by atoms with E-state index in [1.807, 2.05) is 12.1 Å². The molecule has 0 saturated heterocycles. The Morgan fingerprint density at radius 3 is 2.68 bits per heavy atom. The number of nitrogens with one attached hydrogen (secondary N) is 1. The molecular formula is C17H18N2O3. The summed E-state index contributed by atoms with van der Waals surface area (Å²) in [7, 11) is 0. The van der Waals surface area contributed by atoms with Gasteiger partial charge in [0.25, 0.3) is 5.91 Å². The zero-order chi connectivity index (χ0) is 15.4. The second kappa shape index (κ2) is 6.52. The Bertz CT molecular complexity index is 640. The highest BCUT2D eigenvalue weighted by Gasteiger charge is 2.19. The average molecular weight is 298 g/mol. The lowest BCUT2D eigenvalue weighted by Crippen LogP contribution is -2.33. The first-order valence-electron chi connectivity index (χ1n) is 7.58.